The van der Waals surface area contributed by atoms with E-state index in [1.807, 2.05) is 20.8 Å². The van der Waals surface area contributed by atoms with Gasteiger partial charge >= 0.3 is 0 Å². The zero-order valence-corrected chi connectivity index (χ0v) is 12.5. The van der Waals surface area contributed by atoms with E-state index in [4.69, 9.17) is 11.6 Å². The topological polar surface area (TPSA) is 64.0 Å². The highest BCUT2D eigenvalue weighted by Gasteiger charge is 2.23. The first-order valence-electron chi connectivity index (χ1n) is 6.00. The van der Waals surface area contributed by atoms with E-state index in [-0.39, 0.29) is 17.0 Å². The molecule has 0 radical (unpaired) electrons. The zero-order chi connectivity index (χ0) is 13.8. The number of aryl methyl sites for hydroxylation is 1. The Hall–Kier alpha value is -0.590. The fraction of sp³-hybridized carbons (Fsp3) is 0.727. The van der Waals surface area contributed by atoms with Crippen molar-refractivity contribution in [2.45, 2.75) is 44.8 Å². The van der Waals surface area contributed by atoms with Crippen LogP contribution in [-0.4, -0.2) is 29.9 Å². The number of alkyl halides is 1. The summed E-state index contributed by atoms with van der Waals surface area (Å²) in [6.45, 7) is 6.54. The Morgan fingerprint density at radius 1 is 1.50 bits per heavy atom. The van der Waals surface area contributed by atoms with E-state index in [1.54, 1.807) is 4.57 Å². The summed E-state index contributed by atoms with van der Waals surface area (Å²) in [5.41, 5.74) is 0. The molecule has 0 aromatic carbocycles. The number of hydrogen-bond donors (Lipinski definition) is 1. The molecule has 1 unspecified atom stereocenters. The predicted octanol–water partition coefficient (Wildman–Crippen LogP) is 1.83. The first-order chi connectivity index (χ1) is 8.40. The van der Waals surface area contributed by atoms with Gasteiger partial charge in [0.2, 0.25) is 0 Å². The first-order valence-corrected chi connectivity index (χ1v) is 8.02. The normalized spacial score (nSPS) is 14.1. The van der Waals surface area contributed by atoms with E-state index in [9.17, 15) is 8.42 Å². The number of aromatic nitrogens is 2. The highest BCUT2D eigenvalue weighted by molar-refractivity contribution is 7.89. The summed E-state index contributed by atoms with van der Waals surface area (Å²) in [7, 11) is -3.56. The molecule has 1 heterocycles. The largest absolute Gasteiger partial charge is 0.336 e. The molecule has 0 saturated carbocycles. The Kier molecular flexibility index (Phi) is 5.62. The van der Waals surface area contributed by atoms with E-state index in [0.29, 0.717) is 18.8 Å². The number of imidazole rings is 1. The second kappa shape index (κ2) is 6.54. The van der Waals surface area contributed by atoms with E-state index >= 15 is 0 Å². The fourth-order valence-corrected chi connectivity index (χ4v) is 3.16. The summed E-state index contributed by atoms with van der Waals surface area (Å²) in [5, 5.41) is 0.0598. The van der Waals surface area contributed by atoms with Crippen molar-refractivity contribution in [2.75, 3.05) is 5.88 Å². The van der Waals surface area contributed by atoms with Crippen LogP contribution in [0.4, 0.5) is 0 Å². The van der Waals surface area contributed by atoms with Gasteiger partial charge in [-0.15, -0.1) is 11.6 Å². The number of rotatable bonds is 7. The van der Waals surface area contributed by atoms with Crippen LogP contribution in [0.2, 0.25) is 0 Å². The van der Waals surface area contributed by atoms with Crippen LogP contribution in [0.25, 0.3) is 0 Å². The van der Waals surface area contributed by atoms with Gasteiger partial charge in [-0.25, -0.2) is 18.1 Å². The first kappa shape index (κ1) is 15.5. The van der Waals surface area contributed by atoms with E-state index in [2.05, 4.69) is 9.71 Å². The van der Waals surface area contributed by atoms with Crippen LogP contribution in [-0.2, 0) is 16.6 Å². The standard InChI is InChI=1S/C11H20ClN3O2S/c1-4-15-7-11(13-8-15)18(16,17)14-10(5-6-12)9(2)3/h7-10,14H,4-6H2,1-3H3. The SMILES string of the molecule is CCn1cnc(S(=O)(=O)NC(CCCl)C(C)C)c1. The third-order valence-electron chi connectivity index (χ3n) is 2.78. The molecular weight excluding hydrogens is 274 g/mol. The monoisotopic (exact) mass is 293 g/mol. The van der Waals surface area contributed by atoms with Gasteiger partial charge in [0.25, 0.3) is 10.0 Å². The number of nitrogens with one attached hydrogen (secondary N) is 1. The van der Waals surface area contributed by atoms with Crippen molar-refractivity contribution < 1.29 is 8.42 Å². The zero-order valence-electron chi connectivity index (χ0n) is 10.9. The molecule has 5 nitrogen and oxygen atoms in total. The minimum atomic E-state index is -3.56. The molecule has 1 aromatic heterocycles. The lowest BCUT2D eigenvalue weighted by Crippen LogP contribution is -2.38. The summed E-state index contributed by atoms with van der Waals surface area (Å²) in [5.74, 6) is 0.612. The number of hydrogen-bond acceptors (Lipinski definition) is 3. The van der Waals surface area contributed by atoms with Crippen LogP contribution in [0.1, 0.15) is 27.2 Å². The van der Waals surface area contributed by atoms with Gasteiger partial charge in [-0.3, -0.25) is 0 Å². The second-order valence-electron chi connectivity index (χ2n) is 4.49. The molecule has 0 fully saturated rings. The van der Waals surface area contributed by atoms with Crippen LogP contribution in [0.15, 0.2) is 17.6 Å². The van der Waals surface area contributed by atoms with Gasteiger partial charge in [0.15, 0.2) is 5.03 Å². The maximum atomic E-state index is 12.1. The summed E-state index contributed by atoms with van der Waals surface area (Å²) in [6.07, 6.45) is 3.65. The van der Waals surface area contributed by atoms with Gasteiger partial charge in [-0.05, 0) is 19.3 Å². The Bertz CT molecular complexity index is 470. The summed E-state index contributed by atoms with van der Waals surface area (Å²) >= 11 is 5.69. The lowest BCUT2D eigenvalue weighted by atomic mass is 10.0. The van der Waals surface area contributed by atoms with Crippen molar-refractivity contribution in [2.24, 2.45) is 5.92 Å². The van der Waals surface area contributed by atoms with Crippen molar-refractivity contribution >= 4 is 21.6 Å². The Balaban J connectivity index is 2.86. The molecule has 0 bridgehead atoms. The highest BCUT2D eigenvalue weighted by atomic mass is 35.5. The van der Waals surface area contributed by atoms with Crippen LogP contribution < -0.4 is 4.72 Å². The van der Waals surface area contributed by atoms with Crippen molar-refractivity contribution in [3.63, 3.8) is 0 Å². The van der Waals surface area contributed by atoms with Gasteiger partial charge in [0.05, 0.1) is 6.33 Å². The van der Waals surface area contributed by atoms with Gasteiger partial charge in [-0.2, -0.15) is 0 Å². The molecule has 1 N–H and O–H groups in total. The third kappa shape index (κ3) is 3.96. The molecule has 1 atom stereocenters. The quantitative estimate of drug-likeness (QED) is 0.780. The molecule has 7 heteroatoms. The summed E-state index contributed by atoms with van der Waals surface area (Å²) in [6, 6.07) is -0.167. The van der Waals surface area contributed by atoms with E-state index < -0.39 is 10.0 Å². The molecule has 1 rings (SSSR count). The van der Waals surface area contributed by atoms with Crippen LogP contribution in [0, 0.1) is 5.92 Å². The molecule has 0 amide bonds. The average Bonchev–Trinajstić information content (AvgIpc) is 2.77. The smallest absolute Gasteiger partial charge is 0.259 e. The van der Waals surface area contributed by atoms with E-state index in [0.717, 1.165) is 0 Å². The summed E-state index contributed by atoms with van der Waals surface area (Å²) in [4.78, 5) is 3.91. The second-order valence-corrected chi connectivity index (χ2v) is 6.53. The van der Waals surface area contributed by atoms with Crippen molar-refractivity contribution in [1.82, 2.24) is 14.3 Å². The van der Waals surface area contributed by atoms with Gasteiger partial charge in [-0.1, -0.05) is 13.8 Å². The van der Waals surface area contributed by atoms with E-state index in [1.165, 1.54) is 12.5 Å². The lowest BCUT2D eigenvalue weighted by Gasteiger charge is -2.20. The molecule has 18 heavy (non-hydrogen) atoms. The Morgan fingerprint density at radius 3 is 2.61 bits per heavy atom. The van der Waals surface area contributed by atoms with Crippen LogP contribution in [0.3, 0.4) is 0 Å². The molecule has 104 valence electrons. The predicted molar refractivity (Wildman–Crippen MR) is 72.2 cm³/mol. The Labute approximate surface area is 114 Å². The van der Waals surface area contributed by atoms with Gasteiger partial charge < -0.3 is 4.57 Å². The van der Waals surface area contributed by atoms with Gasteiger partial charge in [0.1, 0.15) is 0 Å². The van der Waals surface area contributed by atoms with Crippen molar-refractivity contribution in [3.05, 3.63) is 12.5 Å². The summed E-state index contributed by atoms with van der Waals surface area (Å²) < 4.78 is 28.6. The minimum Gasteiger partial charge on any atom is -0.336 e. The molecule has 0 aliphatic heterocycles. The third-order valence-corrected chi connectivity index (χ3v) is 4.37. The highest BCUT2D eigenvalue weighted by Crippen LogP contribution is 2.12. The molecule has 0 aliphatic carbocycles. The lowest BCUT2D eigenvalue weighted by molar-refractivity contribution is 0.438. The van der Waals surface area contributed by atoms with Crippen LogP contribution >= 0.6 is 11.6 Å². The number of sulfonamides is 1. The van der Waals surface area contributed by atoms with Crippen LogP contribution in [0.5, 0.6) is 0 Å². The molecule has 0 aliphatic rings. The average molecular weight is 294 g/mol. The fourth-order valence-electron chi connectivity index (χ4n) is 1.56. The number of nitrogens with zero attached hydrogens (tertiary/aromatic N) is 2. The Morgan fingerprint density at radius 2 is 2.17 bits per heavy atom. The molecule has 0 saturated heterocycles. The molecule has 1 aromatic rings. The minimum absolute atomic E-state index is 0.0598. The van der Waals surface area contributed by atoms with Gasteiger partial charge in [0, 0.05) is 24.7 Å². The number of halogens is 1. The maximum Gasteiger partial charge on any atom is 0.259 e. The van der Waals surface area contributed by atoms with Crippen molar-refractivity contribution in [3.8, 4) is 0 Å². The van der Waals surface area contributed by atoms with Crippen molar-refractivity contribution in [1.29, 1.82) is 0 Å². The maximum absolute atomic E-state index is 12.1. The molecular formula is C11H20ClN3O2S. The molecule has 0 spiro atoms.